The van der Waals surface area contributed by atoms with E-state index in [0.29, 0.717) is 56.4 Å². The monoisotopic (exact) mass is 382 g/mol. The zero-order chi connectivity index (χ0) is 19.9. The highest BCUT2D eigenvalue weighted by Gasteiger charge is 2.23. The van der Waals surface area contributed by atoms with Crippen LogP contribution in [-0.4, -0.2) is 59.5 Å². The Morgan fingerprint density at radius 1 is 1.18 bits per heavy atom. The Labute approximate surface area is 165 Å². The average Bonchev–Trinajstić information content (AvgIpc) is 2.74. The van der Waals surface area contributed by atoms with Gasteiger partial charge in [0.1, 0.15) is 0 Å². The van der Waals surface area contributed by atoms with Crippen molar-refractivity contribution in [2.24, 2.45) is 5.92 Å². The highest BCUT2D eigenvalue weighted by molar-refractivity contribution is 5.95. The molecule has 28 heavy (non-hydrogen) atoms. The van der Waals surface area contributed by atoms with E-state index in [-0.39, 0.29) is 17.7 Å². The molecule has 1 fully saturated rings. The first-order valence-electron chi connectivity index (χ1n) is 9.62. The Hall–Kier alpha value is -2.80. The second-order valence-electron chi connectivity index (χ2n) is 7.02. The topological polar surface area (TPSA) is 84.4 Å². The summed E-state index contributed by atoms with van der Waals surface area (Å²) in [6.45, 7) is 6.31. The number of carbonyl (C=O) groups excluding carboxylic acids is 2. The quantitative estimate of drug-likeness (QED) is 0.825. The first-order valence-corrected chi connectivity index (χ1v) is 9.62. The van der Waals surface area contributed by atoms with Gasteiger partial charge in [-0.25, -0.2) is 9.97 Å². The maximum Gasteiger partial charge on any atom is 0.257 e. The Morgan fingerprint density at radius 3 is 2.57 bits per heavy atom. The molecule has 1 aromatic carbocycles. The van der Waals surface area contributed by atoms with Gasteiger partial charge in [-0.3, -0.25) is 9.59 Å². The van der Waals surface area contributed by atoms with Crippen LogP contribution >= 0.6 is 0 Å². The molecule has 7 nitrogen and oxygen atoms in total. The van der Waals surface area contributed by atoms with Crippen LogP contribution in [0.4, 0.5) is 0 Å². The normalized spacial score (nSPS) is 14.2. The molecule has 148 valence electrons. The molecule has 2 amide bonds. The molecule has 7 heteroatoms. The second-order valence-corrected chi connectivity index (χ2v) is 7.02. The van der Waals surface area contributed by atoms with Crippen molar-refractivity contribution in [1.82, 2.24) is 20.2 Å². The molecule has 0 unspecified atom stereocenters. The third-order valence-electron chi connectivity index (χ3n) is 4.61. The molecule has 3 rings (SSSR count). The lowest BCUT2D eigenvalue weighted by Crippen LogP contribution is -2.41. The summed E-state index contributed by atoms with van der Waals surface area (Å²) in [6, 6.07) is 9.65. The van der Waals surface area contributed by atoms with Crippen LogP contribution in [0.2, 0.25) is 0 Å². The Balaban J connectivity index is 1.84. The van der Waals surface area contributed by atoms with Crippen molar-refractivity contribution in [3.63, 3.8) is 0 Å². The van der Waals surface area contributed by atoms with Crippen molar-refractivity contribution in [1.29, 1.82) is 0 Å². The van der Waals surface area contributed by atoms with Crippen LogP contribution in [0.1, 0.15) is 29.9 Å². The number of hydrogen-bond acceptors (Lipinski definition) is 5. The van der Waals surface area contributed by atoms with E-state index in [1.165, 1.54) is 0 Å². The van der Waals surface area contributed by atoms with Crippen LogP contribution in [-0.2, 0) is 16.0 Å². The highest BCUT2D eigenvalue weighted by Crippen LogP contribution is 2.18. The largest absolute Gasteiger partial charge is 0.378 e. The van der Waals surface area contributed by atoms with Crippen molar-refractivity contribution in [2.75, 3.05) is 32.8 Å². The lowest BCUT2D eigenvalue weighted by molar-refractivity contribution is -0.123. The number of benzene rings is 1. The number of carbonyl (C=O) groups is 2. The molecule has 2 aromatic rings. The van der Waals surface area contributed by atoms with E-state index in [4.69, 9.17) is 4.74 Å². The average molecular weight is 382 g/mol. The first kappa shape index (κ1) is 19.9. The lowest BCUT2D eigenvalue weighted by Gasteiger charge is -2.27. The van der Waals surface area contributed by atoms with Crippen molar-refractivity contribution in [3.8, 4) is 11.4 Å². The minimum Gasteiger partial charge on any atom is -0.378 e. The zero-order valence-electron chi connectivity index (χ0n) is 16.4. The fraction of sp³-hybridized carbons (Fsp3) is 0.429. The van der Waals surface area contributed by atoms with Crippen molar-refractivity contribution in [3.05, 3.63) is 47.8 Å². The van der Waals surface area contributed by atoms with Gasteiger partial charge in [0.05, 0.1) is 24.5 Å². The van der Waals surface area contributed by atoms with E-state index in [1.54, 1.807) is 11.1 Å². The predicted molar refractivity (Wildman–Crippen MR) is 106 cm³/mol. The highest BCUT2D eigenvalue weighted by atomic mass is 16.5. The molecule has 0 bridgehead atoms. The Kier molecular flexibility index (Phi) is 6.71. The van der Waals surface area contributed by atoms with Crippen LogP contribution in [0.3, 0.4) is 0 Å². The Bertz CT molecular complexity index is 818. The van der Waals surface area contributed by atoms with E-state index in [0.717, 1.165) is 5.56 Å². The summed E-state index contributed by atoms with van der Waals surface area (Å²) in [5.74, 6) is 0.385. The first-order chi connectivity index (χ1) is 13.6. The van der Waals surface area contributed by atoms with Gasteiger partial charge in [-0.05, 0) is 0 Å². The van der Waals surface area contributed by atoms with Gasteiger partial charge in [0.2, 0.25) is 5.91 Å². The molecule has 0 radical (unpaired) electrons. The van der Waals surface area contributed by atoms with Gasteiger partial charge in [-0.2, -0.15) is 0 Å². The van der Waals surface area contributed by atoms with Crippen LogP contribution in [0, 0.1) is 5.92 Å². The standard InChI is InChI=1S/C21H26N4O3/c1-15(2)20(26)22-9-8-18-17(21(27)25-10-12-28-13-11-25)14-23-19(24-18)16-6-4-3-5-7-16/h3-7,14-15H,8-13H2,1-2H3,(H,22,26). The molecule has 0 spiro atoms. The molecule has 1 aromatic heterocycles. The summed E-state index contributed by atoms with van der Waals surface area (Å²) < 4.78 is 5.33. The summed E-state index contributed by atoms with van der Waals surface area (Å²) in [4.78, 5) is 35.7. The van der Waals surface area contributed by atoms with E-state index >= 15 is 0 Å². The Morgan fingerprint density at radius 2 is 1.89 bits per heavy atom. The predicted octanol–water partition coefficient (Wildman–Crippen LogP) is 1.93. The number of rotatable bonds is 6. The van der Waals surface area contributed by atoms with Crippen molar-refractivity contribution in [2.45, 2.75) is 20.3 Å². The third-order valence-corrected chi connectivity index (χ3v) is 4.61. The van der Waals surface area contributed by atoms with Gasteiger partial charge in [0, 0.05) is 43.7 Å². The SMILES string of the molecule is CC(C)C(=O)NCCc1nc(-c2ccccc2)ncc1C(=O)N1CCOCC1. The van der Waals surface area contributed by atoms with Crippen LogP contribution in [0.5, 0.6) is 0 Å². The van der Waals surface area contributed by atoms with Crippen molar-refractivity contribution >= 4 is 11.8 Å². The smallest absolute Gasteiger partial charge is 0.257 e. The maximum absolute atomic E-state index is 13.0. The summed E-state index contributed by atoms with van der Waals surface area (Å²) in [5.41, 5.74) is 2.02. The van der Waals surface area contributed by atoms with Crippen molar-refractivity contribution < 1.29 is 14.3 Å². The molecule has 0 saturated carbocycles. The molecule has 0 atom stereocenters. The fourth-order valence-corrected chi connectivity index (χ4v) is 2.96. The minimum atomic E-state index is -0.0897. The summed E-state index contributed by atoms with van der Waals surface area (Å²) in [7, 11) is 0. The summed E-state index contributed by atoms with van der Waals surface area (Å²) >= 11 is 0. The number of nitrogens with zero attached hydrogens (tertiary/aromatic N) is 3. The van der Waals surface area contributed by atoms with Gasteiger partial charge >= 0.3 is 0 Å². The molecule has 1 N–H and O–H groups in total. The third kappa shape index (κ3) is 4.92. The van der Waals surface area contributed by atoms with Crippen LogP contribution < -0.4 is 5.32 Å². The second kappa shape index (κ2) is 9.41. The van der Waals surface area contributed by atoms with Gasteiger partial charge in [0.15, 0.2) is 5.82 Å². The number of ether oxygens (including phenoxy) is 1. The van der Waals surface area contributed by atoms with Crippen LogP contribution in [0.15, 0.2) is 36.5 Å². The van der Waals surface area contributed by atoms with E-state index in [2.05, 4.69) is 15.3 Å². The lowest BCUT2D eigenvalue weighted by atomic mass is 10.1. The molecular formula is C21H26N4O3. The number of morpholine rings is 1. The van der Waals surface area contributed by atoms with E-state index in [1.807, 2.05) is 44.2 Å². The molecule has 1 aliphatic heterocycles. The van der Waals surface area contributed by atoms with Gasteiger partial charge < -0.3 is 15.0 Å². The number of amides is 2. The van der Waals surface area contributed by atoms with Crippen LogP contribution in [0.25, 0.3) is 11.4 Å². The maximum atomic E-state index is 13.0. The number of hydrogen-bond donors (Lipinski definition) is 1. The van der Waals surface area contributed by atoms with Gasteiger partial charge in [-0.15, -0.1) is 0 Å². The molecule has 1 saturated heterocycles. The zero-order valence-corrected chi connectivity index (χ0v) is 16.4. The number of nitrogens with one attached hydrogen (secondary N) is 1. The summed E-state index contributed by atoms with van der Waals surface area (Å²) in [5, 5.41) is 2.89. The minimum absolute atomic E-state index is 0.0154. The molecule has 1 aliphatic rings. The van der Waals surface area contributed by atoms with Gasteiger partial charge in [0.25, 0.3) is 5.91 Å². The van der Waals surface area contributed by atoms with E-state index < -0.39 is 0 Å². The molecule has 0 aliphatic carbocycles. The van der Waals surface area contributed by atoms with Gasteiger partial charge in [-0.1, -0.05) is 44.2 Å². The summed E-state index contributed by atoms with van der Waals surface area (Å²) in [6.07, 6.45) is 2.07. The van der Waals surface area contributed by atoms with E-state index in [9.17, 15) is 9.59 Å². The molecular weight excluding hydrogens is 356 g/mol. The fourth-order valence-electron chi connectivity index (χ4n) is 2.96. The molecule has 2 heterocycles. The number of aromatic nitrogens is 2.